The van der Waals surface area contributed by atoms with E-state index in [0.717, 1.165) is 32.6 Å². The van der Waals surface area contributed by atoms with Crippen molar-refractivity contribution in [1.82, 2.24) is 14.7 Å². The van der Waals surface area contributed by atoms with Crippen LogP contribution in [0, 0.1) is 0 Å². The molecule has 1 aliphatic rings. The number of nitrogens with zero attached hydrogens (tertiary/aromatic N) is 3. The zero-order chi connectivity index (χ0) is 16.1. The van der Waals surface area contributed by atoms with Crippen LogP contribution in [0.2, 0.25) is 0 Å². The number of benzene rings is 1. The van der Waals surface area contributed by atoms with E-state index in [0.29, 0.717) is 12.8 Å². The van der Waals surface area contributed by atoms with E-state index in [1.165, 1.54) is 11.1 Å². The molecule has 2 aromatic rings. The molecule has 5 nitrogen and oxygen atoms in total. The van der Waals surface area contributed by atoms with Crippen molar-refractivity contribution in [3.05, 3.63) is 53.9 Å². The normalized spacial score (nSPS) is 22.9. The fourth-order valence-electron chi connectivity index (χ4n) is 3.22. The summed E-state index contributed by atoms with van der Waals surface area (Å²) in [5, 5.41) is 23.8. The Balaban J connectivity index is 1.61. The van der Waals surface area contributed by atoms with Gasteiger partial charge in [0.1, 0.15) is 0 Å². The molecule has 23 heavy (non-hydrogen) atoms. The molecule has 3 rings (SSSR count). The SMILES string of the molecule is OC[C@]1(O)CCCN(Cc2cccc(Cn3cccn3)c2)CC1. The molecule has 0 bridgehead atoms. The highest BCUT2D eigenvalue weighted by Gasteiger charge is 2.29. The molecule has 1 aliphatic heterocycles. The van der Waals surface area contributed by atoms with Crippen molar-refractivity contribution in [3.8, 4) is 0 Å². The lowest BCUT2D eigenvalue weighted by atomic mass is 9.96. The maximum Gasteiger partial charge on any atom is 0.0890 e. The number of aliphatic hydroxyl groups is 2. The standard InChI is InChI=1S/C18H25N3O2/c22-15-18(23)6-2-9-20(11-7-18)13-16-4-1-5-17(12-16)14-21-10-3-8-19-21/h1,3-5,8,10,12,22-23H,2,6-7,9,11,13-15H2/t18-/m0/s1. The van der Waals surface area contributed by atoms with E-state index >= 15 is 0 Å². The van der Waals surface area contributed by atoms with Gasteiger partial charge in [-0.3, -0.25) is 9.58 Å². The van der Waals surface area contributed by atoms with Crippen molar-refractivity contribution in [2.45, 2.75) is 38.0 Å². The van der Waals surface area contributed by atoms with Crippen molar-refractivity contribution in [3.63, 3.8) is 0 Å². The van der Waals surface area contributed by atoms with Crippen molar-refractivity contribution in [1.29, 1.82) is 0 Å². The molecule has 1 aromatic carbocycles. The molecule has 0 saturated carbocycles. The van der Waals surface area contributed by atoms with Gasteiger partial charge in [-0.25, -0.2) is 0 Å². The first-order valence-corrected chi connectivity index (χ1v) is 8.28. The molecule has 2 heterocycles. The van der Waals surface area contributed by atoms with Crippen LogP contribution in [-0.4, -0.2) is 50.2 Å². The maximum absolute atomic E-state index is 10.2. The molecule has 2 N–H and O–H groups in total. The lowest BCUT2D eigenvalue weighted by Gasteiger charge is -2.24. The molecule has 0 radical (unpaired) electrons. The molecule has 0 unspecified atom stereocenters. The van der Waals surface area contributed by atoms with E-state index < -0.39 is 5.60 Å². The zero-order valence-electron chi connectivity index (χ0n) is 13.4. The van der Waals surface area contributed by atoms with Gasteiger partial charge in [-0.15, -0.1) is 0 Å². The van der Waals surface area contributed by atoms with Crippen molar-refractivity contribution in [2.75, 3.05) is 19.7 Å². The van der Waals surface area contributed by atoms with E-state index in [1.807, 2.05) is 16.9 Å². The third-order valence-corrected chi connectivity index (χ3v) is 4.61. The Bertz CT molecular complexity index is 614. The third-order valence-electron chi connectivity index (χ3n) is 4.61. The van der Waals surface area contributed by atoms with Crippen molar-refractivity contribution in [2.24, 2.45) is 0 Å². The van der Waals surface area contributed by atoms with E-state index in [9.17, 15) is 10.2 Å². The van der Waals surface area contributed by atoms with Crippen molar-refractivity contribution >= 4 is 0 Å². The smallest absolute Gasteiger partial charge is 0.0890 e. The van der Waals surface area contributed by atoms with Crippen LogP contribution < -0.4 is 0 Å². The van der Waals surface area contributed by atoms with Crippen molar-refractivity contribution < 1.29 is 10.2 Å². The number of aliphatic hydroxyl groups excluding tert-OH is 1. The van der Waals surface area contributed by atoms with E-state index in [-0.39, 0.29) is 6.61 Å². The molecule has 1 aromatic heterocycles. The highest BCUT2D eigenvalue weighted by atomic mass is 16.3. The van der Waals surface area contributed by atoms with Crippen LogP contribution in [0.1, 0.15) is 30.4 Å². The second kappa shape index (κ2) is 7.25. The first-order chi connectivity index (χ1) is 11.2. The minimum atomic E-state index is -0.892. The van der Waals surface area contributed by atoms with Crippen LogP contribution in [0.15, 0.2) is 42.7 Å². The summed E-state index contributed by atoms with van der Waals surface area (Å²) in [5.41, 5.74) is 1.63. The molecule has 1 atom stereocenters. The predicted molar refractivity (Wildman–Crippen MR) is 88.9 cm³/mol. The first-order valence-electron chi connectivity index (χ1n) is 8.28. The Morgan fingerprint density at radius 1 is 1.09 bits per heavy atom. The minimum Gasteiger partial charge on any atom is -0.393 e. The number of aromatic nitrogens is 2. The minimum absolute atomic E-state index is 0.139. The van der Waals surface area contributed by atoms with Gasteiger partial charge in [-0.05, 0) is 43.0 Å². The van der Waals surface area contributed by atoms with E-state index in [4.69, 9.17) is 0 Å². The fraction of sp³-hybridized carbons (Fsp3) is 0.500. The number of hydrogen-bond acceptors (Lipinski definition) is 4. The van der Waals surface area contributed by atoms with Gasteiger partial charge in [0.2, 0.25) is 0 Å². The van der Waals surface area contributed by atoms with Crippen LogP contribution in [0.25, 0.3) is 0 Å². The molecule has 124 valence electrons. The summed E-state index contributed by atoms with van der Waals surface area (Å²) in [5.74, 6) is 0. The topological polar surface area (TPSA) is 61.5 Å². The summed E-state index contributed by atoms with van der Waals surface area (Å²) < 4.78 is 1.92. The molecular formula is C18H25N3O2. The zero-order valence-corrected chi connectivity index (χ0v) is 13.4. The van der Waals surface area contributed by atoms with Gasteiger partial charge < -0.3 is 10.2 Å². The monoisotopic (exact) mass is 315 g/mol. The van der Waals surface area contributed by atoms with Crippen LogP contribution in [0.4, 0.5) is 0 Å². The number of likely N-dealkylation sites (tertiary alicyclic amines) is 1. The van der Waals surface area contributed by atoms with E-state index in [1.54, 1.807) is 6.20 Å². The Labute approximate surface area is 137 Å². The quantitative estimate of drug-likeness (QED) is 0.880. The molecular weight excluding hydrogens is 290 g/mol. The summed E-state index contributed by atoms with van der Waals surface area (Å²) in [6.45, 7) is 3.31. The molecule has 5 heteroatoms. The fourth-order valence-corrected chi connectivity index (χ4v) is 3.22. The molecule has 0 aliphatic carbocycles. The van der Waals surface area contributed by atoms with Crippen LogP contribution in [0.5, 0.6) is 0 Å². The predicted octanol–water partition coefficient (Wildman–Crippen LogP) is 1.64. The lowest BCUT2D eigenvalue weighted by molar-refractivity contribution is -0.0255. The van der Waals surface area contributed by atoms with Gasteiger partial charge in [-0.2, -0.15) is 5.10 Å². The Morgan fingerprint density at radius 2 is 1.91 bits per heavy atom. The van der Waals surface area contributed by atoms with Crippen LogP contribution in [0.3, 0.4) is 0 Å². The summed E-state index contributed by atoms with van der Waals surface area (Å²) in [6.07, 6.45) is 6.00. The lowest BCUT2D eigenvalue weighted by Crippen LogP contribution is -2.34. The largest absolute Gasteiger partial charge is 0.393 e. The van der Waals surface area contributed by atoms with Crippen LogP contribution >= 0.6 is 0 Å². The average Bonchev–Trinajstić information content (AvgIpc) is 2.98. The maximum atomic E-state index is 10.2. The van der Waals surface area contributed by atoms with Crippen LogP contribution in [-0.2, 0) is 13.1 Å². The first kappa shape index (κ1) is 16.2. The van der Waals surface area contributed by atoms with Gasteiger partial charge in [0.25, 0.3) is 0 Å². The molecule has 1 saturated heterocycles. The number of hydrogen-bond donors (Lipinski definition) is 2. The highest BCUT2D eigenvalue weighted by Crippen LogP contribution is 2.23. The summed E-state index contributed by atoms with van der Waals surface area (Å²) in [4.78, 5) is 2.36. The molecule has 0 spiro atoms. The second-order valence-electron chi connectivity index (χ2n) is 6.54. The third kappa shape index (κ3) is 4.41. The molecule has 1 fully saturated rings. The number of rotatable bonds is 5. The Kier molecular flexibility index (Phi) is 5.10. The Morgan fingerprint density at radius 3 is 2.65 bits per heavy atom. The second-order valence-corrected chi connectivity index (χ2v) is 6.54. The van der Waals surface area contributed by atoms with Gasteiger partial charge in [0.15, 0.2) is 0 Å². The summed E-state index contributed by atoms with van der Waals surface area (Å²) in [6, 6.07) is 10.5. The summed E-state index contributed by atoms with van der Waals surface area (Å²) in [7, 11) is 0. The average molecular weight is 315 g/mol. The van der Waals surface area contributed by atoms with Gasteiger partial charge in [-0.1, -0.05) is 24.3 Å². The van der Waals surface area contributed by atoms with Gasteiger partial charge >= 0.3 is 0 Å². The van der Waals surface area contributed by atoms with Gasteiger partial charge in [0.05, 0.1) is 18.8 Å². The van der Waals surface area contributed by atoms with Gasteiger partial charge in [0, 0.05) is 25.5 Å². The highest BCUT2D eigenvalue weighted by molar-refractivity contribution is 5.23. The molecule has 0 amide bonds. The Hall–Kier alpha value is -1.69. The summed E-state index contributed by atoms with van der Waals surface area (Å²) >= 11 is 0. The van der Waals surface area contributed by atoms with E-state index in [2.05, 4.69) is 34.3 Å².